The van der Waals surface area contributed by atoms with Gasteiger partial charge in [0, 0.05) is 29.4 Å². The quantitative estimate of drug-likeness (QED) is 0.772. The SMILES string of the molecule is Cc1nn(C)c(C)c1C(C)Nc1cccc2ccccc12. The summed E-state index contributed by atoms with van der Waals surface area (Å²) in [5.41, 5.74) is 4.76. The Balaban J connectivity index is 1.98. The standard InChI is InChI=1S/C18H21N3/c1-12(18-13(2)20-21(4)14(18)3)19-17-11-7-9-15-8-5-6-10-16(15)17/h5-12,19H,1-4H3. The molecule has 1 heterocycles. The van der Waals surface area contributed by atoms with Crippen LogP contribution in [0.1, 0.15) is 29.9 Å². The van der Waals surface area contributed by atoms with E-state index in [9.17, 15) is 0 Å². The molecule has 108 valence electrons. The Bertz CT molecular complexity index is 781. The summed E-state index contributed by atoms with van der Waals surface area (Å²) >= 11 is 0. The molecule has 0 aliphatic carbocycles. The summed E-state index contributed by atoms with van der Waals surface area (Å²) in [6, 6.07) is 15.1. The predicted octanol–water partition coefficient (Wildman–Crippen LogP) is 4.36. The number of hydrogen-bond donors (Lipinski definition) is 1. The number of aromatic nitrogens is 2. The molecule has 1 aromatic heterocycles. The molecule has 0 aliphatic rings. The van der Waals surface area contributed by atoms with E-state index >= 15 is 0 Å². The molecule has 2 aromatic carbocycles. The molecule has 3 heteroatoms. The van der Waals surface area contributed by atoms with Gasteiger partial charge >= 0.3 is 0 Å². The highest BCUT2D eigenvalue weighted by Crippen LogP contribution is 2.29. The Kier molecular flexibility index (Phi) is 3.42. The lowest BCUT2D eigenvalue weighted by atomic mass is 10.0. The minimum absolute atomic E-state index is 0.226. The van der Waals surface area contributed by atoms with Gasteiger partial charge in [0.05, 0.1) is 11.7 Å². The van der Waals surface area contributed by atoms with Crippen molar-refractivity contribution in [1.29, 1.82) is 0 Å². The second kappa shape index (κ2) is 5.24. The van der Waals surface area contributed by atoms with E-state index in [1.165, 1.54) is 27.7 Å². The highest BCUT2D eigenvalue weighted by molar-refractivity contribution is 5.93. The van der Waals surface area contributed by atoms with Crippen molar-refractivity contribution in [3.8, 4) is 0 Å². The van der Waals surface area contributed by atoms with Crippen molar-refractivity contribution in [3.63, 3.8) is 0 Å². The first-order valence-electron chi connectivity index (χ1n) is 7.32. The van der Waals surface area contributed by atoms with Gasteiger partial charge in [-0.3, -0.25) is 4.68 Å². The van der Waals surface area contributed by atoms with E-state index in [-0.39, 0.29) is 6.04 Å². The van der Waals surface area contributed by atoms with E-state index in [4.69, 9.17) is 0 Å². The Morgan fingerprint density at radius 3 is 2.48 bits per heavy atom. The van der Waals surface area contributed by atoms with Crippen molar-refractivity contribution >= 4 is 16.5 Å². The topological polar surface area (TPSA) is 29.9 Å². The number of hydrogen-bond acceptors (Lipinski definition) is 2. The molecule has 1 N–H and O–H groups in total. The second-order valence-electron chi connectivity index (χ2n) is 5.60. The monoisotopic (exact) mass is 279 g/mol. The Morgan fingerprint density at radius 1 is 1.05 bits per heavy atom. The van der Waals surface area contributed by atoms with Gasteiger partial charge in [0.25, 0.3) is 0 Å². The maximum atomic E-state index is 4.51. The molecule has 3 nitrogen and oxygen atoms in total. The number of nitrogens with one attached hydrogen (secondary N) is 1. The zero-order valence-corrected chi connectivity index (χ0v) is 13.0. The molecule has 3 aromatic rings. The smallest absolute Gasteiger partial charge is 0.0649 e. The van der Waals surface area contributed by atoms with E-state index in [1.807, 2.05) is 11.7 Å². The molecule has 0 fully saturated rings. The largest absolute Gasteiger partial charge is 0.378 e. The first-order chi connectivity index (χ1) is 10.1. The number of aryl methyl sites for hydroxylation is 2. The fraction of sp³-hybridized carbons (Fsp3) is 0.278. The van der Waals surface area contributed by atoms with Gasteiger partial charge in [0.1, 0.15) is 0 Å². The molecule has 3 rings (SSSR count). The van der Waals surface area contributed by atoms with Gasteiger partial charge in [0.2, 0.25) is 0 Å². The summed E-state index contributed by atoms with van der Waals surface area (Å²) < 4.78 is 1.95. The van der Waals surface area contributed by atoms with Gasteiger partial charge in [-0.15, -0.1) is 0 Å². The minimum Gasteiger partial charge on any atom is -0.378 e. The lowest BCUT2D eigenvalue weighted by Gasteiger charge is -2.18. The summed E-state index contributed by atoms with van der Waals surface area (Å²) in [6.07, 6.45) is 0. The van der Waals surface area contributed by atoms with Crippen LogP contribution in [-0.2, 0) is 7.05 Å². The van der Waals surface area contributed by atoms with Gasteiger partial charge in [-0.05, 0) is 32.2 Å². The molecule has 0 spiro atoms. The fourth-order valence-corrected chi connectivity index (χ4v) is 3.07. The third-order valence-corrected chi connectivity index (χ3v) is 4.16. The van der Waals surface area contributed by atoms with Crippen LogP contribution in [0, 0.1) is 13.8 Å². The van der Waals surface area contributed by atoms with Crippen LogP contribution in [0.2, 0.25) is 0 Å². The zero-order valence-electron chi connectivity index (χ0n) is 13.0. The van der Waals surface area contributed by atoms with Crippen LogP contribution in [-0.4, -0.2) is 9.78 Å². The van der Waals surface area contributed by atoms with E-state index in [0.29, 0.717) is 0 Å². The van der Waals surface area contributed by atoms with E-state index in [1.54, 1.807) is 0 Å². The molecular formula is C18H21N3. The van der Waals surface area contributed by atoms with Crippen molar-refractivity contribution in [2.24, 2.45) is 7.05 Å². The average molecular weight is 279 g/mol. The van der Waals surface area contributed by atoms with Crippen molar-refractivity contribution in [2.75, 3.05) is 5.32 Å². The van der Waals surface area contributed by atoms with Crippen LogP contribution in [0.25, 0.3) is 10.8 Å². The minimum atomic E-state index is 0.226. The molecule has 1 unspecified atom stereocenters. The summed E-state index contributed by atoms with van der Waals surface area (Å²) in [4.78, 5) is 0. The van der Waals surface area contributed by atoms with E-state index in [0.717, 1.165) is 5.69 Å². The summed E-state index contributed by atoms with van der Waals surface area (Å²) in [7, 11) is 2.00. The molecular weight excluding hydrogens is 258 g/mol. The Morgan fingerprint density at radius 2 is 1.76 bits per heavy atom. The Labute approximate surface area is 125 Å². The van der Waals surface area contributed by atoms with Crippen molar-refractivity contribution in [3.05, 3.63) is 59.4 Å². The van der Waals surface area contributed by atoms with Gasteiger partial charge in [-0.1, -0.05) is 36.4 Å². The number of fused-ring (bicyclic) bond motifs is 1. The van der Waals surface area contributed by atoms with Crippen LogP contribution in [0.15, 0.2) is 42.5 Å². The van der Waals surface area contributed by atoms with Crippen LogP contribution in [0.5, 0.6) is 0 Å². The number of rotatable bonds is 3. The molecule has 21 heavy (non-hydrogen) atoms. The summed E-state index contributed by atoms with van der Waals surface area (Å²) in [6.45, 7) is 6.39. The first kappa shape index (κ1) is 13.7. The molecule has 0 bridgehead atoms. The summed E-state index contributed by atoms with van der Waals surface area (Å²) in [5, 5.41) is 10.7. The van der Waals surface area contributed by atoms with Gasteiger partial charge < -0.3 is 5.32 Å². The molecule has 1 atom stereocenters. The lowest BCUT2D eigenvalue weighted by molar-refractivity contribution is 0.728. The van der Waals surface area contributed by atoms with E-state index < -0.39 is 0 Å². The number of nitrogens with zero attached hydrogens (tertiary/aromatic N) is 2. The van der Waals surface area contributed by atoms with Crippen LogP contribution in [0.4, 0.5) is 5.69 Å². The predicted molar refractivity (Wildman–Crippen MR) is 88.7 cm³/mol. The fourth-order valence-electron chi connectivity index (χ4n) is 3.07. The third-order valence-electron chi connectivity index (χ3n) is 4.16. The number of benzene rings is 2. The molecule has 0 aliphatic heterocycles. The second-order valence-corrected chi connectivity index (χ2v) is 5.60. The molecule has 0 amide bonds. The molecule has 0 saturated heterocycles. The van der Waals surface area contributed by atoms with E-state index in [2.05, 4.69) is 73.7 Å². The van der Waals surface area contributed by atoms with Crippen LogP contribution < -0.4 is 5.32 Å². The zero-order chi connectivity index (χ0) is 15.0. The maximum absolute atomic E-state index is 4.51. The summed E-state index contributed by atoms with van der Waals surface area (Å²) in [5.74, 6) is 0. The number of anilines is 1. The van der Waals surface area contributed by atoms with Crippen molar-refractivity contribution in [1.82, 2.24) is 9.78 Å². The first-order valence-corrected chi connectivity index (χ1v) is 7.32. The van der Waals surface area contributed by atoms with Crippen LogP contribution in [0.3, 0.4) is 0 Å². The normalized spacial score (nSPS) is 12.6. The van der Waals surface area contributed by atoms with Gasteiger partial charge in [-0.2, -0.15) is 5.10 Å². The average Bonchev–Trinajstić information content (AvgIpc) is 2.72. The lowest BCUT2D eigenvalue weighted by Crippen LogP contribution is -2.09. The van der Waals surface area contributed by atoms with Crippen molar-refractivity contribution < 1.29 is 0 Å². The van der Waals surface area contributed by atoms with Gasteiger partial charge in [0.15, 0.2) is 0 Å². The van der Waals surface area contributed by atoms with Gasteiger partial charge in [-0.25, -0.2) is 0 Å². The molecule has 0 saturated carbocycles. The highest BCUT2D eigenvalue weighted by atomic mass is 15.3. The third kappa shape index (κ3) is 2.40. The van der Waals surface area contributed by atoms with Crippen molar-refractivity contribution in [2.45, 2.75) is 26.8 Å². The maximum Gasteiger partial charge on any atom is 0.0649 e. The highest BCUT2D eigenvalue weighted by Gasteiger charge is 2.16. The van der Waals surface area contributed by atoms with Crippen LogP contribution >= 0.6 is 0 Å². The Hall–Kier alpha value is -2.29. The molecule has 0 radical (unpaired) electrons.